The fraction of sp³-hybridized carbons (Fsp3) is 0.294. The lowest BCUT2D eigenvalue weighted by atomic mass is 10.1. The van der Waals surface area contributed by atoms with Crippen molar-refractivity contribution >= 4 is 5.91 Å². The second-order valence-corrected chi connectivity index (χ2v) is 5.09. The summed E-state index contributed by atoms with van der Waals surface area (Å²) in [6.07, 6.45) is 1.64. The molecule has 1 aromatic heterocycles. The van der Waals surface area contributed by atoms with E-state index in [0.717, 1.165) is 11.3 Å². The normalized spacial score (nSPS) is 10.5. The Morgan fingerprint density at radius 1 is 1.19 bits per heavy atom. The topological polar surface area (TPSA) is 42.4 Å². The minimum Gasteiger partial charge on any atom is -0.497 e. The van der Waals surface area contributed by atoms with E-state index < -0.39 is 0 Å². The number of carbonyl (C=O) groups excluding carboxylic acids is 1. The van der Waals surface area contributed by atoms with Gasteiger partial charge in [-0.2, -0.15) is 0 Å². The molecule has 0 bridgehead atoms. The molecule has 0 unspecified atom stereocenters. The molecule has 0 aliphatic heterocycles. The molecule has 4 nitrogen and oxygen atoms in total. The van der Waals surface area contributed by atoms with Crippen molar-refractivity contribution in [3.63, 3.8) is 0 Å². The molecule has 0 spiro atoms. The van der Waals surface area contributed by atoms with Crippen LogP contribution in [0, 0.1) is 0 Å². The number of methoxy groups -OCH3 is 1. The monoisotopic (exact) mass is 284 g/mol. The average Bonchev–Trinajstić information content (AvgIpc) is 2.53. The van der Waals surface area contributed by atoms with Crippen molar-refractivity contribution in [3.05, 3.63) is 59.9 Å². The number of ether oxygens (including phenoxy) is 1. The summed E-state index contributed by atoms with van der Waals surface area (Å²) in [6.45, 7) is 4.56. The zero-order valence-corrected chi connectivity index (χ0v) is 12.6. The van der Waals surface area contributed by atoms with Crippen LogP contribution in [0.1, 0.15) is 29.9 Å². The summed E-state index contributed by atoms with van der Waals surface area (Å²) >= 11 is 0. The van der Waals surface area contributed by atoms with Crippen LogP contribution < -0.4 is 4.74 Å². The maximum atomic E-state index is 12.6. The summed E-state index contributed by atoms with van der Waals surface area (Å²) in [7, 11) is 1.64. The van der Waals surface area contributed by atoms with Gasteiger partial charge in [0.1, 0.15) is 11.4 Å². The smallest absolute Gasteiger partial charge is 0.272 e. The third-order valence-electron chi connectivity index (χ3n) is 3.28. The van der Waals surface area contributed by atoms with Gasteiger partial charge < -0.3 is 9.64 Å². The summed E-state index contributed by atoms with van der Waals surface area (Å²) in [4.78, 5) is 18.5. The molecule has 0 aliphatic rings. The third kappa shape index (κ3) is 3.81. The number of hydrogen-bond donors (Lipinski definition) is 0. The van der Waals surface area contributed by atoms with Gasteiger partial charge in [0, 0.05) is 18.8 Å². The second kappa shape index (κ2) is 6.88. The molecule has 0 fully saturated rings. The van der Waals surface area contributed by atoms with Crippen LogP contribution >= 0.6 is 0 Å². The summed E-state index contributed by atoms with van der Waals surface area (Å²) in [6, 6.07) is 13.2. The molecule has 2 aromatic rings. The molecule has 0 atom stereocenters. The minimum atomic E-state index is -0.0542. The summed E-state index contributed by atoms with van der Waals surface area (Å²) in [5, 5.41) is 0. The largest absolute Gasteiger partial charge is 0.497 e. The second-order valence-electron chi connectivity index (χ2n) is 5.09. The van der Waals surface area contributed by atoms with Crippen LogP contribution in [0.25, 0.3) is 0 Å². The molecular weight excluding hydrogens is 264 g/mol. The van der Waals surface area contributed by atoms with Gasteiger partial charge in [-0.25, -0.2) is 0 Å². The predicted molar refractivity (Wildman–Crippen MR) is 82.2 cm³/mol. The van der Waals surface area contributed by atoms with Crippen LogP contribution in [0.3, 0.4) is 0 Å². The number of carbonyl (C=O) groups is 1. The zero-order valence-electron chi connectivity index (χ0n) is 12.6. The minimum absolute atomic E-state index is 0.0542. The average molecular weight is 284 g/mol. The van der Waals surface area contributed by atoms with Crippen molar-refractivity contribution in [2.75, 3.05) is 7.11 Å². The highest BCUT2D eigenvalue weighted by atomic mass is 16.5. The SMILES string of the molecule is COc1ccc(CN(C(=O)c2ccccn2)C(C)C)cc1. The molecule has 0 N–H and O–H groups in total. The maximum Gasteiger partial charge on any atom is 0.272 e. The van der Waals surface area contributed by atoms with Crippen molar-refractivity contribution < 1.29 is 9.53 Å². The van der Waals surface area contributed by atoms with Gasteiger partial charge in [0.2, 0.25) is 0 Å². The quantitative estimate of drug-likeness (QED) is 0.847. The number of amides is 1. The van der Waals surface area contributed by atoms with Crippen LogP contribution in [0.5, 0.6) is 5.75 Å². The van der Waals surface area contributed by atoms with E-state index in [2.05, 4.69) is 4.98 Å². The Balaban J connectivity index is 2.17. The predicted octanol–water partition coefficient (Wildman–Crippen LogP) is 3.14. The van der Waals surface area contributed by atoms with E-state index >= 15 is 0 Å². The number of rotatable bonds is 5. The van der Waals surface area contributed by atoms with Gasteiger partial charge in [-0.05, 0) is 43.7 Å². The molecule has 21 heavy (non-hydrogen) atoms. The first-order valence-corrected chi connectivity index (χ1v) is 6.96. The highest BCUT2D eigenvalue weighted by molar-refractivity contribution is 5.92. The first-order valence-electron chi connectivity index (χ1n) is 6.96. The molecule has 1 amide bonds. The van der Waals surface area contributed by atoms with Gasteiger partial charge in [-0.3, -0.25) is 9.78 Å². The van der Waals surface area contributed by atoms with E-state index in [9.17, 15) is 4.79 Å². The Morgan fingerprint density at radius 3 is 2.43 bits per heavy atom. The molecule has 0 aliphatic carbocycles. The fourth-order valence-corrected chi connectivity index (χ4v) is 2.05. The Kier molecular flexibility index (Phi) is 4.93. The van der Waals surface area contributed by atoms with E-state index in [-0.39, 0.29) is 11.9 Å². The highest BCUT2D eigenvalue weighted by Crippen LogP contribution is 2.16. The third-order valence-corrected chi connectivity index (χ3v) is 3.28. The number of pyridine rings is 1. The Bertz CT molecular complexity index is 579. The number of nitrogens with zero attached hydrogens (tertiary/aromatic N) is 2. The lowest BCUT2D eigenvalue weighted by Crippen LogP contribution is -2.36. The molecule has 1 aromatic carbocycles. The van der Waals surface area contributed by atoms with Crippen molar-refractivity contribution in [3.8, 4) is 5.75 Å². The van der Waals surface area contributed by atoms with Crippen LogP contribution in [0.15, 0.2) is 48.7 Å². The first-order chi connectivity index (χ1) is 10.1. The van der Waals surface area contributed by atoms with E-state index in [1.807, 2.05) is 49.1 Å². The van der Waals surface area contributed by atoms with Crippen LogP contribution in [-0.4, -0.2) is 28.9 Å². The number of aromatic nitrogens is 1. The fourth-order valence-electron chi connectivity index (χ4n) is 2.05. The molecular formula is C17H20N2O2. The molecule has 1 heterocycles. The van der Waals surface area contributed by atoms with Gasteiger partial charge in [-0.1, -0.05) is 18.2 Å². The molecule has 0 saturated carbocycles. The van der Waals surface area contributed by atoms with Crippen LogP contribution in [0.2, 0.25) is 0 Å². The molecule has 2 rings (SSSR count). The van der Waals surface area contributed by atoms with Gasteiger partial charge in [0.25, 0.3) is 5.91 Å². The van der Waals surface area contributed by atoms with Gasteiger partial charge in [-0.15, -0.1) is 0 Å². The van der Waals surface area contributed by atoms with Crippen molar-refractivity contribution in [1.82, 2.24) is 9.88 Å². The zero-order chi connectivity index (χ0) is 15.2. The molecule has 0 radical (unpaired) electrons. The molecule has 0 saturated heterocycles. The van der Waals surface area contributed by atoms with E-state index in [1.54, 1.807) is 25.4 Å². The van der Waals surface area contributed by atoms with Gasteiger partial charge in [0.15, 0.2) is 0 Å². The summed E-state index contributed by atoms with van der Waals surface area (Å²) in [5.74, 6) is 0.757. The number of benzene rings is 1. The lowest BCUT2D eigenvalue weighted by molar-refractivity contribution is 0.0684. The van der Waals surface area contributed by atoms with E-state index in [1.165, 1.54) is 0 Å². The van der Waals surface area contributed by atoms with Gasteiger partial charge in [0.05, 0.1) is 7.11 Å². The molecule has 110 valence electrons. The Labute approximate surface area is 125 Å². The Hall–Kier alpha value is -2.36. The number of hydrogen-bond acceptors (Lipinski definition) is 3. The van der Waals surface area contributed by atoms with E-state index in [0.29, 0.717) is 12.2 Å². The van der Waals surface area contributed by atoms with Crippen LogP contribution in [0.4, 0.5) is 0 Å². The van der Waals surface area contributed by atoms with Crippen molar-refractivity contribution in [2.45, 2.75) is 26.4 Å². The lowest BCUT2D eigenvalue weighted by Gasteiger charge is -2.26. The van der Waals surface area contributed by atoms with Crippen molar-refractivity contribution in [2.24, 2.45) is 0 Å². The highest BCUT2D eigenvalue weighted by Gasteiger charge is 2.19. The van der Waals surface area contributed by atoms with Crippen molar-refractivity contribution in [1.29, 1.82) is 0 Å². The maximum absolute atomic E-state index is 12.6. The summed E-state index contributed by atoms with van der Waals surface area (Å²) < 4.78 is 5.15. The summed E-state index contributed by atoms with van der Waals surface area (Å²) in [5.41, 5.74) is 1.54. The van der Waals surface area contributed by atoms with E-state index in [4.69, 9.17) is 4.74 Å². The molecule has 4 heteroatoms. The standard InChI is InChI=1S/C17H20N2O2/c1-13(2)19(17(20)16-6-4-5-11-18-16)12-14-7-9-15(21-3)10-8-14/h4-11,13H,12H2,1-3H3. The van der Waals surface area contributed by atoms with Crippen LogP contribution in [-0.2, 0) is 6.54 Å². The van der Waals surface area contributed by atoms with Gasteiger partial charge >= 0.3 is 0 Å². The Morgan fingerprint density at radius 2 is 1.90 bits per heavy atom. The first kappa shape index (κ1) is 15.0.